The molecule has 2 aliphatic heterocycles. The summed E-state index contributed by atoms with van der Waals surface area (Å²) in [5.41, 5.74) is 0.272. The van der Waals surface area contributed by atoms with Crippen LogP contribution in [0.1, 0.15) is 32.7 Å². The Morgan fingerprint density at radius 2 is 1.94 bits per heavy atom. The molecule has 36 heavy (non-hydrogen) atoms. The van der Waals surface area contributed by atoms with Crippen molar-refractivity contribution in [2.75, 3.05) is 13.2 Å². The number of rotatable bonds is 9. The van der Waals surface area contributed by atoms with Crippen molar-refractivity contribution in [1.82, 2.24) is 35.1 Å². The molecule has 3 aromatic rings. The van der Waals surface area contributed by atoms with E-state index in [4.69, 9.17) is 19.3 Å². The number of carbonyl (C=O) groups excluding carboxylic acids is 1. The second-order valence-corrected chi connectivity index (χ2v) is 9.72. The standard InChI is InChI=1S/C23H27N7O6/c1-23(2,10-19(32)33)9-18(31)25-16-11-34-21-17(12-35-20(16)21)30-22(26-27-28-30)36-15-5-3-14(4-6-15)29-8-7-24-13-29/h3-8,13,16-17,20-21H,9-12H2,1-2H3,(H,25,31)(H,32,33). The summed E-state index contributed by atoms with van der Waals surface area (Å²) in [5.74, 6) is -0.618. The summed E-state index contributed by atoms with van der Waals surface area (Å²) >= 11 is 0. The van der Waals surface area contributed by atoms with E-state index in [9.17, 15) is 9.59 Å². The molecule has 1 amide bonds. The minimum Gasteiger partial charge on any atom is -0.481 e. The molecule has 190 valence electrons. The Kier molecular flexibility index (Phi) is 6.41. The number of carboxylic acid groups (broad SMARTS) is 1. The van der Waals surface area contributed by atoms with Crippen molar-refractivity contribution in [2.24, 2.45) is 5.41 Å². The molecule has 0 bridgehead atoms. The molecule has 1 aromatic carbocycles. The van der Waals surface area contributed by atoms with E-state index in [2.05, 4.69) is 25.8 Å². The topological polar surface area (TPSA) is 156 Å². The summed E-state index contributed by atoms with van der Waals surface area (Å²) in [4.78, 5) is 27.7. The van der Waals surface area contributed by atoms with Gasteiger partial charge in [0.2, 0.25) is 5.91 Å². The minimum absolute atomic E-state index is 0.0846. The van der Waals surface area contributed by atoms with Crippen molar-refractivity contribution in [3.8, 4) is 17.4 Å². The highest BCUT2D eigenvalue weighted by Crippen LogP contribution is 2.36. The van der Waals surface area contributed by atoms with Crippen molar-refractivity contribution >= 4 is 11.9 Å². The maximum absolute atomic E-state index is 12.6. The van der Waals surface area contributed by atoms with Gasteiger partial charge in [0.1, 0.15) is 24.0 Å². The molecule has 0 radical (unpaired) electrons. The van der Waals surface area contributed by atoms with Crippen LogP contribution in [0.5, 0.6) is 11.8 Å². The van der Waals surface area contributed by atoms with Gasteiger partial charge in [0.15, 0.2) is 0 Å². The van der Waals surface area contributed by atoms with Crippen LogP contribution in [0.3, 0.4) is 0 Å². The van der Waals surface area contributed by atoms with Crippen LogP contribution in [-0.2, 0) is 19.1 Å². The normalized spacial score (nSPS) is 23.4. The number of carboxylic acids is 1. The number of carbonyl (C=O) groups is 2. The maximum atomic E-state index is 12.6. The van der Waals surface area contributed by atoms with Crippen LogP contribution in [0.2, 0.25) is 0 Å². The number of tetrazole rings is 1. The Balaban J connectivity index is 1.21. The van der Waals surface area contributed by atoms with Gasteiger partial charge in [0.05, 0.1) is 32.0 Å². The minimum atomic E-state index is -0.937. The highest BCUT2D eigenvalue weighted by molar-refractivity contribution is 5.78. The monoisotopic (exact) mass is 497 g/mol. The van der Waals surface area contributed by atoms with Crippen LogP contribution < -0.4 is 10.1 Å². The predicted molar refractivity (Wildman–Crippen MR) is 123 cm³/mol. The smallest absolute Gasteiger partial charge is 0.341 e. The van der Waals surface area contributed by atoms with Crippen molar-refractivity contribution in [3.63, 3.8) is 0 Å². The number of nitrogens with zero attached hydrogens (tertiary/aromatic N) is 6. The number of ether oxygens (including phenoxy) is 3. The van der Waals surface area contributed by atoms with Crippen LogP contribution in [0.25, 0.3) is 5.69 Å². The summed E-state index contributed by atoms with van der Waals surface area (Å²) in [6.45, 7) is 4.06. The highest BCUT2D eigenvalue weighted by atomic mass is 16.6. The lowest BCUT2D eigenvalue weighted by molar-refractivity contribution is -0.139. The van der Waals surface area contributed by atoms with Gasteiger partial charge in [-0.2, -0.15) is 4.68 Å². The molecule has 0 saturated carbocycles. The number of amides is 1. The van der Waals surface area contributed by atoms with E-state index >= 15 is 0 Å². The lowest BCUT2D eigenvalue weighted by atomic mass is 9.85. The lowest BCUT2D eigenvalue weighted by Gasteiger charge is -2.24. The number of aliphatic carboxylic acids is 1. The van der Waals surface area contributed by atoms with Gasteiger partial charge >= 0.3 is 12.0 Å². The first-order valence-electron chi connectivity index (χ1n) is 11.6. The van der Waals surface area contributed by atoms with Gasteiger partial charge in [0.25, 0.3) is 0 Å². The second-order valence-electron chi connectivity index (χ2n) is 9.72. The van der Waals surface area contributed by atoms with Gasteiger partial charge in [-0.15, -0.1) is 0 Å². The van der Waals surface area contributed by atoms with Gasteiger partial charge in [-0.3, -0.25) is 9.59 Å². The highest BCUT2D eigenvalue weighted by Gasteiger charge is 2.50. The fourth-order valence-electron chi connectivity index (χ4n) is 4.64. The van der Waals surface area contributed by atoms with Gasteiger partial charge in [-0.1, -0.05) is 18.9 Å². The van der Waals surface area contributed by atoms with Crippen LogP contribution in [-0.4, -0.2) is 78.2 Å². The zero-order chi connectivity index (χ0) is 25.3. The Bertz CT molecular complexity index is 1210. The fraction of sp³-hybridized carbons (Fsp3) is 0.478. The molecule has 4 unspecified atom stereocenters. The number of aromatic nitrogens is 6. The Morgan fingerprint density at radius 3 is 2.67 bits per heavy atom. The molecular formula is C23H27N7O6. The largest absolute Gasteiger partial charge is 0.481 e. The molecule has 2 aliphatic rings. The summed E-state index contributed by atoms with van der Waals surface area (Å²) in [6.07, 6.45) is 4.49. The summed E-state index contributed by atoms with van der Waals surface area (Å²) in [6, 6.07) is 6.92. The van der Waals surface area contributed by atoms with Gasteiger partial charge in [-0.25, -0.2) is 4.98 Å². The fourth-order valence-corrected chi connectivity index (χ4v) is 4.64. The van der Waals surface area contributed by atoms with Crippen molar-refractivity contribution in [1.29, 1.82) is 0 Å². The van der Waals surface area contributed by atoms with E-state index in [1.807, 2.05) is 35.0 Å². The Hall–Kier alpha value is -3.84. The van der Waals surface area contributed by atoms with E-state index in [-0.39, 0.29) is 62.3 Å². The van der Waals surface area contributed by atoms with Crippen molar-refractivity contribution in [2.45, 2.75) is 51.0 Å². The SMILES string of the molecule is CC(C)(CC(=O)O)CC(=O)NC1COC2C1OCC2n1nnnc1Oc1ccc(-n2ccnc2)cc1. The number of hydrogen-bond donors (Lipinski definition) is 2. The van der Waals surface area contributed by atoms with E-state index in [0.29, 0.717) is 5.75 Å². The number of hydrogen-bond acceptors (Lipinski definition) is 9. The van der Waals surface area contributed by atoms with Crippen LogP contribution >= 0.6 is 0 Å². The zero-order valence-electron chi connectivity index (χ0n) is 19.9. The summed E-state index contributed by atoms with van der Waals surface area (Å²) < 4.78 is 21.3. The molecule has 2 aromatic heterocycles. The third-order valence-electron chi connectivity index (χ3n) is 6.27. The molecule has 4 atom stereocenters. The molecule has 2 saturated heterocycles. The average molecular weight is 498 g/mol. The van der Waals surface area contributed by atoms with E-state index in [0.717, 1.165) is 5.69 Å². The number of fused-ring (bicyclic) bond motifs is 1. The first-order valence-corrected chi connectivity index (χ1v) is 11.6. The van der Waals surface area contributed by atoms with Gasteiger partial charge in [-0.05, 0) is 40.1 Å². The summed E-state index contributed by atoms with van der Waals surface area (Å²) in [5, 5.41) is 23.9. The molecule has 0 aliphatic carbocycles. The van der Waals surface area contributed by atoms with Gasteiger partial charge in [0, 0.05) is 24.5 Å². The summed E-state index contributed by atoms with van der Waals surface area (Å²) in [7, 11) is 0. The molecule has 2 N–H and O–H groups in total. The van der Waals surface area contributed by atoms with Crippen molar-refractivity contribution in [3.05, 3.63) is 43.0 Å². The first-order chi connectivity index (χ1) is 17.3. The van der Waals surface area contributed by atoms with E-state index in [1.165, 1.54) is 4.68 Å². The third-order valence-corrected chi connectivity index (χ3v) is 6.27. The molecule has 5 rings (SSSR count). The Morgan fingerprint density at radius 1 is 1.17 bits per heavy atom. The first kappa shape index (κ1) is 23.9. The van der Waals surface area contributed by atoms with Crippen molar-refractivity contribution < 1.29 is 28.9 Å². The van der Waals surface area contributed by atoms with Crippen LogP contribution in [0, 0.1) is 5.41 Å². The third kappa shape index (κ3) is 5.06. The molecule has 4 heterocycles. The predicted octanol–water partition coefficient (Wildman–Crippen LogP) is 1.37. The van der Waals surface area contributed by atoms with E-state index < -0.39 is 11.4 Å². The van der Waals surface area contributed by atoms with E-state index in [1.54, 1.807) is 26.4 Å². The Labute approximate surface area is 206 Å². The average Bonchev–Trinajstić information content (AvgIpc) is 3.60. The van der Waals surface area contributed by atoms with Crippen LogP contribution in [0.4, 0.5) is 0 Å². The maximum Gasteiger partial charge on any atom is 0.341 e. The molecule has 13 heteroatoms. The molecule has 0 spiro atoms. The number of benzene rings is 1. The molecule has 2 fully saturated rings. The lowest BCUT2D eigenvalue weighted by Crippen LogP contribution is -2.45. The second kappa shape index (κ2) is 9.66. The zero-order valence-corrected chi connectivity index (χ0v) is 19.9. The van der Waals surface area contributed by atoms with Gasteiger partial charge < -0.3 is 29.2 Å². The molecular weight excluding hydrogens is 470 g/mol. The number of imidazole rings is 1. The number of nitrogens with one attached hydrogen (secondary N) is 1. The molecule has 13 nitrogen and oxygen atoms in total. The quantitative estimate of drug-likeness (QED) is 0.443. The van der Waals surface area contributed by atoms with Crippen LogP contribution in [0.15, 0.2) is 43.0 Å².